The van der Waals surface area contributed by atoms with E-state index in [0.29, 0.717) is 15.1 Å². The second-order valence-corrected chi connectivity index (χ2v) is 5.78. The molecule has 3 N–H and O–H groups in total. The van der Waals surface area contributed by atoms with Crippen LogP contribution in [0.1, 0.15) is 9.67 Å². The minimum absolute atomic E-state index is 0.159. The lowest BCUT2D eigenvalue weighted by molar-refractivity contribution is 0.0514. The zero-order valence-electron chi connectivity index (χ0n) is 10.9. The Balaban J connectivity index is 2.42. The fourth-order valence-electron chi connectivity index (χ4n) is 1.99. The van der Waals surface area contributed by atoms with Crippen molar-refractivity contribution in [2.45, 2.75) is 6.43 Å². The van der Waals surface area contributed by atoms with E-state index < -0.39 is 25.5 Å². The molecular weight excluding hydrogens is 322 g/mol. The predicted molar refractivity (Wildman–Crippen MR) is 80.2 cm³/mol. The summed E-state index contributed by atoms with van der Waals surface area (Å²) in [7, 11) is 0. The highest BCUT2D eigenvalue weighted by Crippen LogP contribution is 2.38. The number of thiophene rings is 1. The van der Waals surface area contributed by atoms with Crippen LogP contribution >= 0.6 is 22.9 Å². The van der Waals surface area contributed by atoms with Crippen molar-refractivity contribution in [2.24, 2.45) is 0 Å². The number of amides is 1. The number of nitrogens with zero attached hydrogens (tertiary/aromatic N) is 1. The Bertz CT molecular complexity index is 663. The summed E-state index contributed by atoms with van der Waals surface area (Å²) in [6.45, 7) is -1.32. The van der Waals surface area contributed by atoms with E-state index in [2.05, 4.69) is 0 Å². The summed E-state index contributed by atoms with van der Waals surface area (Å²) in [6.07, 6.45) is -2.68. The minimum Gasteiger partial charge on any atom is -0.397 e. The molecule has 2 aromatic rings. The number of aliphatic hydroxyl groups is 1. The highest BCUT2D eigenvalue weighted by Gasteiger charge is 2.24. The normalized spacial score (nSPS) is 11.3. The zero-order valence-corrected chi connectivity index (χ0v) is 12.4. The summed E-state index contributed by atoms with van der Waals surface area (Å²) in [5, 5.41) is 9.87. The molecule has 0 saturated heterocycles. The Kier molecular flexibility index (Phi) is 4.97. The molecule has 0 aliphatic rings. The zero-order chi connectivity index (χ0) is 15.6. The third-order valence-electron chi connectivity index (χ3n) is 2.91. The number of fused-ring (bicyclic) bond motifs is 1. The number of anilines is 1. The van der Waals surface area contributed by atoms with Crippen LogP contribution in [0.25, 0.3) is 10.1 Å². The van der Waals surface area contributed by atoms with E-state index in [1.165, 1.54) is 0 Å². The van der Waals surface area contributed by atoms with Crippen LogP contribution in [-0.4, -0.2) is 42.0 Å². The number of nitrogens with two attached hydrogens (primary N) is 1. The maximum Gasteiger partial charge on any atom is 0.266 e. The van der Waals surface area contributed by atoms with Gasteiger partial charge < -0.3 is 15.7 Å². The molecule has 0 atom stereocenters. The molecule has 0 fully saturated rings. The van der Waals surface area contributed by atoms with Gasteiger partial charge in [-0.1, -0.05) is 17.7 Å². The summed E-state index contributed by atoms with van der Waals surface area (Å²) < 4.78 is 25.8. The lowest BCUT2D eigenvalue weighted by Gasteiger charge is -2.20. The van der Waals surface area contributed by atoms with Crippen LogP contribution in [0.5, 0.6) is 0 Å². The van der Waals surface area contributed by atoms with Gasteiger partial charge in [0.2, 0.25) is 0 Å². The van der Waals surface area contributed by atoms with E-state index in [0.717, 1.165) is 16.2 Å². The Morgan fingerprint density at radius 3 is 2.76 bits per heavy atom. The molecule has 0 spiro atoms. The molecule has 1 aromatic heterocycles. The number of hydrogen-bond donors (Lipinski definition) is 2. The molecule has 0 aliphatic heterocycles. The van der Waals surface area contributed by atoms with Gasteiger partial charge in [0.15, 0.2) is 0 Å². The number of halogens is 3. The molecule has 0 radical (unpaired) electrons. The number of nitrogen functional groups attached to an aromatic ring is 1. The standard InChI is InChI=1S/C13H13ClF2N2O2S/c14-7-2-1-3-8-10(7)11(17)12(21-8)13(20)18(4-5-19)6-9(15)16/h1-3,9,19H,4-6,17H2. The van der Waals surface area contributed by atoms with Crippen LogP contribution in [0.3, 0.4) is 0 Å². The minimum atomic E-state index is -2.68. The average molecular weight is 335 g/mol. The van der Waals surface area contributed by atoms with E-state index in [1.807, 2.05) is 0 Å². The first-order chi connectivity index (χ1) is 9.95. The summed E-state index contributed by atoms with van der Waals surface area (Å²) in [6, 6.07) is 5.12. The Morgan fingerprint density at radius 1 is 1.48 bits per heavy atom. The van der Waals surface area contributed by atoms with E-state index in [9.17, 15) is 13.6 Å². The molecule has 0 unspecified atom stereocenters. The van der Waals surface area contributed by atoms with Crippen molar-refractivity contribution in [3.63, 3.8) is 0 Å². The second kappa shape index (κ2) is 6.55. The summed E-state index contributed by atoms with van der Waals surface area (Å²) in [5.74, 6) is -0.626. The molecular formula is C13H13ClF2N2O2S. The second-order valence-electron chi connectivity index (χ2n) is 4.32. The van der Waals surface area contributed by atoms with Gasteiger partial charge in [-0.15, -0.1) is 11.3 Å². The molecule has 21 heavy (non-hydrogen) atoms. The lowest BCUT2D eigenvalue weighted by atomic mass is 10.2. The highest BCUT2D eigenvalue weighted by molar-refractivity contribution is 7.21. The number of carbonyl (C=O) groups excluding carboxylic acids is 1. The fourth-order valence-corrected chi connectivity index (χ4v) is 3.44. The van der Waals surface area contributed by atoms with Gasteiger partial charge in [0.25, 0.3) is 12.3 Å². The van der Waals surface area contributed by atoms with Crippen molar-refractivity contribution in [1.82, 2.24) is 4.90 Å². The average Bonchev–Trinajstić information content (AvgIpc) is 2.76. The highest BCUT2D eigenvalue weighted by atomic mass is 35.5. The van der Waals surface area contributed by atoms with Crippen LogP contribution in [0.15, 0.2) is 18.2 Å². The van der Waals surface area contributed by atoms with Crippen LogP contribution in [0, 0.1) is 0 Å². The Labute approximate surface area is 128 Å². The summed E-state index contributed by atoms with van der Waals surface area (Å²) in [4.78, 5) is 13.4. The van der Waals surface area contributed by atoms with E-state index in [4.69, 9.17) is 22.4 Å². The predicted octanol–water partition coefficient (Wildman–Crippen LogP) is 2.84. The first-order valence-electron chi connectivity index (χ1n) is 6.10. The smallest absolute Gasteiger partial charge is 0.266 e. The molecule has 2 rings (SSSR count). The van der Waals surface area contributed by atoms with Crippen LogP contribution in [0.4, 0.5) is 14.5 Å². The van der Waals surface area contributed by atoms with Gasteiger partial charge in [-0.3, -0.25) is 4.79 Å². The molecule has 4 nitrogen and oxygen atoms in total. The molecule has 1 aromatic carbocycles. The number of hydrogen-bond acceptors (Lipinski definition) is 4. The van der Waals surface area contributed by atoms with Crippen molar-refractivity contribution in [1.29, 1.82) is 0 Å². The molecule has 114 valence electrons. The number of benzene rings is 1. The number of carbonyl (C=O) groups is 1. The van der Waals surface area contributed by atoms with E-state index in [-0.39, 0.29) is 17.1 Å². The third kappa shape index (κ3) is 3.25. The number of alkyl halides is 2. The molecule has 0 bridgehead atoms. The third-order valence-corrected chi connectivity index (χ3v) is 4.38. The van der Waals surface area contributed by atoms with Gasteiger partial charge in [0, 0.05) is 16.6 Å². The van der Waals surface area contributed by atoms with E-state index >= 15 is 0 Å². The van der Waals surface area contributed by atoms with Crippen LogP contribution in [0.2, 0.25) is 5.02 Å². The van der Waals surface area contributed by atoms with Crippen LogP contribution in [-0.2, 0) is 0 Å². The first-order valence-corrected chi connectivity index (χ1v) is 7.30. The summed E-state index contributed by atoms with van der Waals surface area (Å²) in [5.41, 5.74) is 6.12. The van der Waals surface area contributed by atoms with Gasteiger partial charge in [-0.25, -0.2) is 8.78 Å². The molecule has 0 aliphatic carbocycles. The topological polar surface area (TPSA) is 66.6 Å². The molecule has 8 heteroatoms. The van der Waals surface area contributed by atoms with Crippen molar-refractivity contribution in [3.05, 3.63) is 28.1 Å². The van der Waals surface area contributed by atoms with Gasteiger partial charge >= 0.3 is 0 Å². The fraction of sp³-hybridized carbons (Fsp3) is 0.308. The van der Waals surface area contributed by atoms with Crippen molar-refractivity contribution in [2.75, 3.05) is 25.4 Å². The van der Waals surface area contributed by atoms with E-state index in [1.54, 1.807) is 18.2 Å². The SMILES string of the molecule is Nc1c(C(=O)N(CCO)CC(F)F)sc2cccc(Cl)c12. The van der Waals surface area contributed by atoms with Gasteiger partial charge in [-0.2, -0.15) is 0 Å². The maximum absolute atomic E-state index is 12.5. The van der Waals surface area contributed by atoms with Crippen LogP contribution < -0.4 is 5.73 Å². The van der Waals surface area contributed by atoms with Crippen molar-refractivity contribution < 1.29 is 18.7 Å². The lowest BCUT2D eigenvalue weighted by Crippen LogP contribution is -2.37. The van der Waals surface area contributed by atoms with Gasteiger partial charge in [0.05, 0.1) is 23.9 Å². The summed E-state index contributed by atoms with van der Waals surface area (Å²) >= 11 is 7.15. The van der Waals surface area contributed by atoms with Gasteiger partial charge in [0.1, 0.15) is 4.88 Å². The largest absolute Gasteiger partial charge is 0.397 e. The van der Waals surface area contributed by atoms with Crippen molar-refractivity contribution >= 4 is 44.6 Å². The van der Waals surface area contributed by atoms with Crippen molar-refractivity contribution in [3.8, 4) is 0 Å². The van der Waals surface area contributed by atoms with Gasteiger partial charge in [-0.05, 0) is 12.1 Å². The molecule has 1 amide bonds. The number of rotatable bonds is 5. The Morgan fingerprint density at radius 2 is 2.19 bits per heavy atom. The quantitative estimate of drug-likeness (QED) is 0.883. The Hall–Kier alpha value is -1.44. The maximum atomic E-state index is 12.5. The number of aliphatic hydroxyl groups excluding tert-OH is 1. The molecule has 1 heterocycles. The first kappa shape index (κ1) is 15.9. The molecule has 0 saturated carbocycles. The monoisotopic (exact) mass is 334 g/mol.